The summed E-state index contributed by atoms with van der Waals surface area (Å²) in [5.74, 6) is 3.07. The highest BCUT2D eigenvalue weighted by Gasteiger charge is 2.56. The van der Waals surface area contributed by atoms with Crippen molar-refractivity contribution in [3.63, 3.8) is 0 Å². The zero-order valence-corrected chi connectivity index (χ0v) is 51.7. The van der Waals surface area contributed by atoms with E-state index >= 15 is 0 Å². The number of amidine groups is 1. The highest BCUT2D eigenvalue weighted by atomic mass is 127. The molecular formula is C59H57Br3IN7O6S2. The van der Waals surface area contributed by atoms with Crippen LogP contribution in [0, 0.1) is 0 Å². The van der Waals surface area contributed by atoms with Crippen LogP contribution in [0.2, 0.25) is 0 Å². The summed E-state index contributed by atoms with van der Waals surface area (Å²) < 4.78 is 22.6. The molecular weight excluding hydrogens is 1330 g/mol. The molecule has 404 valence electrons. The molecule has 4 N–H and O–H groups in total. The van der Waals surface area contributed by atoms with Crippen LogP contribution in [-0.2, 0) is 31.0 Å². The summed E-state index contributed by atoms with van der Waals surface area (Å²) in [4.78, 5) is 52.5. The lowest BCUT2D eigenvalue weighted by molar-refractivity contribution is -0.133. The van der Waals surface area contributed by atoms with Gasteiger partial charge in [0.1, 0.15) is 35.6 Å². The molecule has 3 spiro atoms. The number of ether oxygens (including phenoxy) is 3. The Hall–Kier alpha value is -5.32. The molecule has 6 atom stereocenters. The summed E-state index contributed by atoms with van der Waals surface area (Å²) in [5, 5.41) is 7.06. The number of nitrogens with zero attached hydrogens (tertiary/aromatic N) is 4. The lowest BCUT2D eigenvalue weighted by atomic mass is 9.80. The number of hydrogen-bond donors (Lipinski definition) is 3. The normalized spacial score (nSPS) is 24.0. The molecule has 6 heterocycles. The van der Waals surface area contributed by atoms with Crippen LogP contribution < -0.4 is 30.6 Å². The van der Waals surface area contributed by atoms with E-state index in [4.69, 9.17) is 37.2 Å². The number of nitrogens with two attached hydrogens (primary N) is 1. The molecule has 0 aliphatic carbocycles. The van der Waals surface area contributed by atoms with Crippen LogP contribution in [0.25, 0.3) is 0 Å². The van der Waals surface area contributed by atoms with Gasteiger partial charge in [0, 0.05) is 62.5 Å². The molecule has 1 saturated heterocycles. The average molecular weight is 1390 g/mol. The first-order chi connectivity index (χ1) is 37.6. The molecule has 13 nitrogen and oxygen atoms in total. The number of amides is 3. The second kappa shape index (κ2) is 24.6. The number of benzene rings is 6. The van der Waals surface area contributed by atoms with E-state index in [-0.39, 0.29) is 42.0 Å². The number of thioether (sulfide) groups is 1. The van der Waals surface area contributed by atoms with Crippen molar-refractivity contribution in [2.24, 2.45) is 15.7 Å². The first kappa shape index (κ1) is 57.4. The van der Waals surface area contributed by atoms with Gasteiger partial charge in [0.2, 0.25) is 0 Å². The number of rotatable bonds is 6. The number of guanidine groups is 1. The SMILES string of the molecule is CCI.CCN1C(=O)C2(CC(c3ccccc3)Oc3ccc(Br)cc32)N=C1N.CCSC1=NC2(CC(c3ccccc3)Oc3ccc(Br)cc32)C(=O)N1CC.O=C1NC(=S)NC12CC(c1ccccc1)Oc1ccc(Br)cc12. The van der Waals surface area contributed by atoms with E-state index in [0.717, 1.165) is 63.5 Å². The van der Waals surface area contributed by atoms with E-state index in [1.54, 1.807) is 11.8 Å². The van der Waals surface area contributed by atoms with Crippen molar-refractivity contribution in [2.75, 3.05) is 23.3 Å². The number of halogens is 4. The fourth-order valence-electron chi connectivity index (χ4n) is 10.6. The lowest BCUT2D eigenvalue weighted by Crippen LogP contribution is -2.48. The third kappa shape index (κ3) is 11.2. The van der Waals surface area contributed by atoms with Crippen LogP contribution >= 0.6 is 94.4 Å². The minimum absolute atomic E-state index is 0.0459. The van der Waals surface area contributed by atoms with E-state index < -0.39 is 16.6 Å². The van der Waals surface area contributed by atoms with Gasteiger partial charge in [0.05, 0.1) is 0 Å². The van der Waals surface area contributed by atoms with E-state index in [9.17, 15) is 14.4 Å². The van der Waals surface area contributed by atoms with Crippen LogP contribution in [-0.4, -0.2) is 67.0 Å². The van der Waals surface area contributed by atoms with Gasteiger partial charge in [-0.05, 0) is 108 Å². The molecule has 6 aliphatic rings. The summed E-state index contributed by atoms with van der Waals surface area (Å²) in [7, 11) is 0. The van der Waals surface area contributed by atoms with E-state index in [1.807, 2.05) is 164 Å². The number of aliphatic imine (C=N–C) groups is 2. The van der Waals surface area contributed by atoms with Crippen molar-refractivity contribution in [3.05, 3.63) is 192 Å². The third-order valence-corrected chi connectivity index (χ3v) is 16.6. The van der Waals surface area contributed by atoms with Crippen molar-refractivity contribution in [1.29, 1.82) is 0 Å². The molecule has 12 rings (SSSR count). The largest absolute Gasteiger partial charge is 0.485 e. The fraction of sp³-hybridized carbons (Fsp3) is 0.288. The zero-order valence-electron chi connectivity index (χ0n) is 43.2. The van der Waals surface area contributed by atoms with Crippen LogP contribution in [0.1, 0.15) is 98.7 Å². The van der Waals surface area contributed by atoms with E-state index in [0.29, 0.717) is 49.0 Å². The third-order valence-electron chi connectivity index (χ3n) is 14.1. The number of likely N-dealkylation sites (N-methyl/N-ethyl adjacent to an activating group) is 2. The Bertz CT molecular complexity index is 3290. The number of thiocarbonyl (C=S) groups is 1. The molecule has 0 aromatic heterocycles. The van der Waals surface area contributed by atoms with Crippen LogP contribution in [0.4, 0.5) is 0 Å². The van der Waals surface area contributed by atoms with E-state index in [2.05, 4.69) is 99.9 Å². The second-order valence-corrected chi connectivity index (χ2v) is 24.7. The Morgan fingerprint density at radius 2 is 1.01 bits per heavy atom. The minimum atomic E-state index is -1.03. The molecule has 6 aliphatic heterocycles. The van der Waals surface area contributed by atoms with Gasteiger partial charge in [-0.3, -0.25) is 24.2 Å². The minimum Gasteiger partial charge on any atom is -0.485 e. The van der Waals surface area contributed by atoms with Crippen molar-refractivity contribution in [2.45, 2.75) is 81.9 Å². The lowest BCUT2D eigenvalue weighted by Gasteiger charge is -2.38. The Balaban J connectivity index is 0.000000139. The van der Waals surface area contributed by atoms with Crippen molar-refractivity contribution < 1.29 is 28.6 Å². The van der Waals surface area contributed by atoms with Gasteiger partial charge in [-0.15, -0.1) is 0 Å². The van der Waals surface area contributed by atoms with Gasteiger partial charge >= 0.3 is 0 Å². The number of fused-ring (bicyclic) bond motifs is 6. The summed E-state index contributed by atoms with van der Waals surface area (Å²) in [5.41, 5.74) is 8.75. The Morgan fingerprint density at radius 3 is 1.41 bits per heavy atom. The molecule has 0 saturated carbocycles. The summed E-state index contributed by atoms with van der Waals surface area (Å²) in [6, 6.07) is 47.1. The highest BCUT2D eigenvalue weighted by molar-refractivity contribution is 14.1. The number of alkyl halides is 1. The molecule has 0 bridgehead atoms. The number of nitrogens with one attached hydrogen (secondary N) is 2. The summed E-state index contributed by atoms with van der Waals surface area (Å²) in [6.45, 7) is 9.20. The summed E-state index contributed by atoms with van der Waals surface area (Å²) in [6.07, 6.45) is 0.723. The first-order valence-corrected chi connectivity index (χ1v) is 30.9. The van der Waals surface area contributed by atoms with Gasteiger partial charge in [-0.25, -0.2) is 9.98 Å². The highest BCUT2D eigenvalue weighted by Crippen LogP contribution is 2.53. The molecule has 3 amide bonds. The number of carbonyl (C=O) groups excluding carboxylic acids is 3. The fourth-order valence-corrected chi connectivity index (χ4v) is 12.8. The quantitative estimate of drug-likeness (QED) is 0.0832. The van der Waals surface area contributed by atoms with Gasteiger partial charge in [0.25, 0.3) is 17.7 Å². The van der Waals surface area contributed by atoms with Crippen molar-refractivity contribution >= 4 is 128 Å². The topological polar surface area (TPSA) is 160 Å². The molecule has 19 heteroatoms. The van der Waals surface area contributed by atoms with E-state index in [1.165, 1.54) is 9.33 Å². The predicted octanol–water partition coefficient (Wildman–Crippen LogP) is 13.1. The van der Waals surface area contributed by atoms with Gasteiger partial charge in [-0.2, -0.15) is 0 Å². The van der Waals surface area contributed by atoms with Gasteiger partial charge in [0.15, 0.2) is 32.9 Å². The Labute approximate surface area is 503 Å². The molecule has 6 unspecified atom stereocenters. The van der Waals surface area contributed by atoms with Gasteiger partial charge in [-0.1, -0.05) is 187 Å². The zero-order chi connectivity index (χ0) is 55.4. The Morgan fingerprint density at radius 1 is 0.615 bits per heavy atom. The Kier molecular flexibility index (Phi) is 18.1. The summed E-state index contributed by atoms with van der Waals surface area (Å²) >= 11 is 19.6. The van der Waals surface area contributed by atoms with Crippen LogP contribution in [0.15, 0.2) is 169 Å². The first-order valence-electron chi connectivity index (χ1n) is 25.6. The number of hydrogen-bond acceptors (Lipinski definition) is 11. The van der Waals surface area contributed by atoms with Gasteiger partial charge < -0.3 is 30.6 Å². The molecule has 6 aromatic rings. The molecule has 0 radical (unpaired) electrons. The maximum absolute atomic E-state index is 13.6. The van der Waals surface area contributed by atoms with Crippen molar-refractivity contribution in [1.82, 2.24) is 20.4 Å². The number of carbonyl (C=O) groups is 3. The van der Waals surface area contributed by atoms with Crippen LogP contribution in [0.3, 0.4) is 0 Å². The molecule has 1 fully saturated rings. The molecule has 6 aromatic carbocycles. The maximum Gasteiger partial charge on any atom is 0.262 e. The predicted molar refractivity (Wildman–Crippen MR) is 331 cm³/mol. The van der Waals surface area contributed by atoms with Crippen LogP contribution in [0.5, 0.6) is 17.2 Å². The molecule has 78 heavy (non-hydrogen) atoms. The van der Waals surface area contributed by atoms with Crippen molar-refractivity contribution in [3.8, 4) is 17.2 Å². The monoisotopic (exact) mass is 1390 g/mol. The smallest absolute Gasteiger partial charge is 0.262 e. The maximum atomic E-state index is 13.6. The average Bonchev–Trinajstić information content (AvgIpc) is 4.07. The standard InChI is InChI=1S/C21H21BrN2O2S.C19H18BrN3O2.C17H13BrN2O2S.C2H5I/c1-3-24-19(25)21(23-20(24)27-4-2)13-18(14-8-6-5-7-9-14)26-17-11-10-15(22)12-16(17)21;1-2-23-17(24)19(22-18(23)21)11-16(12-6-4-3-5-7-12)25-15-9-8-13(20)10-14(15)19;18-11-6-7-13-12(8-11)17(15(21)19-16(23)20-17)9-14(22-13)10-4-2-1-3-5-10;1-2-3/h5-12,18H,3-4,13H2,1-2H3;3-10,16H,2,11H2,1H3,(H2,21,22);1-8,14H,9H2,(H2,19,20,21,23);2H2,1H3. The second-order valence-electron chi connectivity index (χ2n) is 18.8.